The van der Waals surface area contributed by atoms with E-state index in [-0.39, 0.29) is 24.2 Å². The Morgan fingerprint density at radius 3 is 2.60 bits per heavy atom. The van der Waals surface area contributed by atoms with Crippen molar-refractivity contribution in [1.29, 1.82) is 0 Å². The topological polar surface area (TPSA) is 118 Å². The van der Waals surface area contributed by atoms with Crippen molar-refractivity contribution in [3.63, 3.8) is 0 Å². The highest BCUT2D eigenvalue weighted by Gasteiger charge is 2.19. The maximum absolute atomic E-state index is 13.0. The normalized spacial score (nSPS) is 15.0. The van der Waals surface area contributed by atoms with Crippen LogP contribution in [0.25, 0.3) is 22.0 Å². The standard InChI is InChI=1S/C32H32N6O3S.ClH/c1-22-14-15-25-26(11-5-13-29(25)38-42(39,40)21-23-8-3-2-4-9-23)30(22)41-31-27(12-7-18-34-31)28-16-19-35-32(37-28)36-24-10-6-17-33-20-24;/h2-5,7-9,11-16,18-19,24,33,38H,6,10,17,20-21H2,1H3,(H,35,36,37);1H. The van der Waals surface area contributed by atoms with Crippen LogP contribution in [0.2, 0.25) is 0 Å². The Balaban J connectivity index is 0.00000368. The first-order valence-electron chi connectivity index (χ1n) is 14.0. The van der Waals surface area contributed by atoms with Crippen molar-refractivity contribution in [2.45, 2.75) is 31.6 Å². The van der Waals surface area contributed by atoms with Crippen molar-refractivity contribution in [2.75, 3.05) is 23.1 Å². The Kier molecular flexibility index (Phi) is 9.40. The summed E-state index contributed by atoms with van der Waals surface area (Å²) >= 11 is 0. The third kappa shape index (κ3) is 7.22. The summed E-state index contributed by atoms with van der Waals surface area (Å²) in [5, 5.41) is 8.32. The van der Waals surface area contributed by atoms with Gasteiger partial charge in [0.2, 0.25) is 21.9 Å². The van der Waals surface area contributed by atoms with Crippen LogP contribution in [0.4, 0.5) is 11.6 Å². The first-order valence-corrected chi connectivity index (χ1v) is 15.6. The van der Waals surface area contributed by atoms with E-state index < -0.39 is 10.0 Å². The summed E-state index contributed by atoms with van der Waals surface area (Å²) in [6.07, 6.45) is 5.58. The van der Waals surface area contributed by atoms with Crippen LogP contribution in [-0.2, 0) is 15.8 Å². The second-order valence-corrected chi connectivity index (χ2v) is 12.1. The van der Waals surface area contributed by atoms with Gasteiger partial charge in [-0.1, -0.05) is 54.6 Å². The van der Waals surface area contributed by atoms with Gasteiger partial charge in [-0.05, 0) is 61.7 Å². The van der Waals surface area contributed by atoms with Gasteiger partial charge in [-0.2, -0.15) is 0 Å². The molecule has 5 aromatic rings. The number of hydrogen-bond acceptors (Lipinski definition) is 8. The maximum Gasteiger partial charge on any atom is 0.236 e. The third-order valence-electron chi connectivity index (χ3n) is 7.21. The SMILES string of the molecule is Cc1ccc2c(NS(=O)(=O)Cc3ccccc3)cccc2c1Oc1ncccc1-c1ccnc(NC2CCCNC2)n1.Cl. The van der Waals surface area contributed by atoms with Gasteiger partial charge in [0.25, 0.3) is 0 Å². The minimum atomic E-state index is -3.65. The van der Waals surface area contributed by atoms with Gasteiger partial charge in [0, 0.05) is 35.8 Å². The molecule has 2 aromatic heterocycles. The van der Waals surface area contributed by atoms with E-state index in [1.54, 1.807) is 30.6 Å². The van der Waals surface area contributed by atoms with Crippen LogP contribution in [0.5, 0.6) is 11.6 Å². The minimum Gasteiger partial charge on any atom is -0.437 e. The number of fused-ring (bicyclic) bond motifs is 1. The number of rotatable bonds is 9. The van der Waals surface area contributed by atoms with Gasteiger partial charge in [-0.15, -0.1) is 12.4 Å². The maximum atomic E-state index is 13.0. The van der Waals surface area contributed by atoms with Crippen LogP contribution < -0.4 is 20.1 Å². The second kappa shape index (κ2) is 13.4. The monoisotopic (exact) mass is 616 g/mol. The van der Waals surface area contributed by atoms with Gasteiger partial charge >= 0.3 is 0 Å². The van der Waals surface area contributed by atoms with E-state index >= 15 is 0 Å². The summed E-state index contributed by atoms with van der Waals surface area (Å²) in [6.45, 7) is 3.86. The van der Waals surface area contributed by atoms with Gasteiger partial charge in [0.15, 0.2) is 0 Å². The predicted octanol–water partition coefficient (Wildman–Crippen LogP) is 6.32. The molecule has 1 aliphatic heterocycles. The number of aromatic nitrogens is 3. The van der Waals surface area contributed by atoms with E-state index in [1.807, 2.05) is 67.6 Å². The lowest BCUT2D eigenvalue weighted by Gasteiger charge is -2.23. The van der Waals surface area contributed by atoms with Crippen LogP contribution in [-0.4, -0.2) is 42.5 Å². The van der Waals surface area contributed by atoms with Crippen molar-refractivity contribution in [1.82, 2.24) is 20.3 Å². The van der Waals surface area contributed by atoms with E-state index in [4.69, 9.17) is 9.72 Å². The molecule has 0 amide bonds. The Morgan fingerprint density at radius 1 is 0.930 bits per heavy atom. The minimum absolute atomic E-state index is 0. The first kappa shape index (κ1) is 30.2. The van der Waals surface area contributed by atoms with E-state index in [9.17, 15) is 8.42 Å². The Bertz CT molecular complexity index is 1820. The fraction of sp³-hybridized carbons (Fsp3) is 0.219. The molecule has 3 N–H and O–H groups in total. The number of nitrogens with one attached hydrogen (secondary N) is 3. The molecule has 11 heteroatoms. The Morgan fingerprint density at radius 2 is 1.79 bits per heavy atom. The van der Waals surface area contributed by atoms with Gasteiger partial charge in [-0.25, -0.2) is 23.4 Å². The fourth-order valence-electron chi connectivity index (χ4n) is 5.16. The van der Waals surface area contributed by atoms with Crippen LogP contribution >= 0.6 is 12.4 Å². The summed E-state index contributed by atoms with van der Waals surface area (Å²) in [6, 6.07) is 24.3. The zero-order valence-electron chi connectivity index (χ0n) is 23.7. The van der Waals surface area contributed by atoms with E-state index in [1.165, 1.54) is 0 Å². The number of aryl methyl sites for hydroxylation is 1. The highest BCUT2D eigenvalue weighted by Crippen LogP contribution is 2.39. The number of hydrogen-bond donors (Lipinski definition) is 3. The van der Waals surface area contributed by atoms with Gasteiger partial charge in [-0.3, -0.25) is 4.72 Å². The van der Waals surface area contributed by atoms with Crippen molar-refractivity contribution in [3.05, 3.63) is 102 Å². The molecule has 1 fully saturated rings. The summed E-state index contributed by atoms with van der Waals surface area (Å²) < 4.78 is 35.3. The highest BCUT2D eigenvalue weighted by atomic mass is 35.5. The number of ether oxygens (including phenoxy) is 1. The number of nitrogens with zero attached hydrogens (tertiary/aromatic N) is 3. The molecular formula is C32H33ClN6O3S. The van der Waals surface area contributed by atoms with E-state index in [2.05, 4.69) is 25.3 Å². The number of pyridine rings is 1. The smallest absolute Gasteiger partial charge is 0.236 e. The van der Waals surface area contributed by atoms with Gasteiger partial charge in [0.05, 0.1) is 22.7 Å². The third-order valence-corrected chi connectivity index (χ3v) is 8.45. The van der Waals surface area contributed by atoms with Gasteiger partial charge < -0.3 is 15.4 Å². The zero-order chi connectivity index (χ0) is 28.9. The first-order chi connectivity index (χ1) is 20.4. The molecule has 1 atom stereocenters. The molecule has 0 radical (unpaired) electrons. The summed E-state index contributed by atoms with van der Waals surface area (Å²) in [5.74, 6) is 1.43. The Hall–Kier alpha value is -4.25. The van der Waals surface area contributed by atoms with E-state index in [0.717, 1.165) is 47.8 Å². The molecule has 1 aliphatic rings. The largest absolute Gasteiger partial charge is 0.437 e. The van der Waals surface area contributed by atoms with Crippen molar-refractivity contribution < 1.29 is 13.2 Å². The molecule has 0 bridgehead atoms. The molecule has 0 saturated carbocycles. The number of halogens is 1. The summed E-state index contributed by atoms with van der Waals surface area (Å²) in [5.41, 5.74) is 3.50. The highest BCUT2D eigenvalue weighted by molar-refractivity contribution is 7.91. The molecule has 6 rings (SSSR count). The lowest BCUT2D eigenvalue weighted by Crippen LogP contribution is -2.38. The Labute approximate surface area is 257 Å². The van der Waals surface area contributed by atoms with Crippen molar-refractivity contribution in [3.8, 4) is 22.9 Å². The lowest BCUT2D eigenvalue weighted by molar-refractivity contribution is 0.466. The lowest BCUT2D eigenvalue weighted by atomic mass is 10.0. The molecule has 1 unspecified atom stereocenters. The van der Waals surface area contributed by atoms with Crippen LogP contribution in [0.3, 0.4) is 0 Å². The fourth-order valence-corrected chi connectivity index (χ4v) is 6.38. The predicted molar refractivity (Wildman–Crippen MR) is 173 cm³/mol. The summed E-state index contributed by atoms with van der Waals surface area (Å²) in [4.78, 5) is 13.7. The molecule has 9 nitrogen and oxygen atoms in total. The molecular weight excluding hydrogens is 584 g/mol. The quantitative estimate of drug-likeness (QED) is 0.176. The average molecular weight is 617 g/mol. The molecule has 0 spiro atoms. The van der Waals surface area contributed by atoms with Crippen LogP contribution in [0.15, 0.2) is 91.3 Å². The number of piperidine rings is 1. The van der Waals surface area contributed by atoms with E-state index in [0.29, 0.717) is 34.5 Å². The molecule has 3 aromatic carbocycles. The average Bonchev–Trinajstić information content (AvgIpc) is 3.00. The van der Waals surface area contributed by atoms with Crippen molar-refractivity contribution in [2.24, 2.45) is 0 Å². The number of sulfonamides is 1. The van der Waals surface area contributed by atoms with Crippen LogP contribution in [0.1, 0.15) is 24.0 Å². The van der Waals surface area contributed by atoms with Gasteiger partial charge in [0.1, 0.15) is 5.75 Å². The van der Waals surface area contributed by atoms with Crippen LogP contribution in [0, 0.1) is 6.92 Å². The zero-order valence-corrected chi connectivity index (χ0v) is 25.3. The molecule has 3 heterocycles. The molecule has 222 valence electrons. The number of anilines is 2. The molecule has 1 saturated heterocycles. The molecule has 43 heavy (non-hydrogen) atoms. The van der Waals surface area contributed by atoms with Crippen molar-refractivity contribution >= 4 is 44.8 Å². The molecule has 0 aliphatic carbocycles. The number of benzene rings is 3. The second-order valence-electron chi connectivity index (χ2n) is 10.4. The summed E-state index contributed by atoms with van der Waals surface area (Å²) in [7, 11) is -3.65.